The van der Waals surface area contributed by atoms with E-state index >= 15 is 0 Å². The van der Waals surface area contributed by atoms with E-state index in [1.807, 2.05) is 24.1 Å². The molecule has 6 heteroatoms. The van der Waals surface area contributed by atoms with Crippen LogP contribution in [0.1, 0.15) is 63.7 Å². The number of hydrogen-bond acceptors (Lipinski definition) is 6. The number of anilines is 1. The molecule has 0 atom stereocenters. The van der Waals surface area contributed by atoms with Gasteiger partial charge >= 0.3 is 5.63 Å². The number of carbonyl (C=O) groups is 1. The molecule has 1 fully saturated rings. The zero-order chi connectivity index (χ0) is 20.3. The van der Waals surface area contributed by atoms with Crippen LogP contribution in [0.3, 0.4) is 0 Å². The minimum absolute atomic E-state index is 0.101. The van der Waals surface area contributed by atoms with Gasteiger partial charge < -0.3 is 9.73 Å². The van der Waals surface area contributed by atoms with Gasteiger partial charge in [-0.3, -0.25) is 9.52 Å². The van der Waals surface area contributed by atoms with E-state index in [9.17, 15) is 9.59 Å². The van der Waals surface area contributed by atoms with Crippen LogP contribution in [-0.4, -0.2) is 23.1 Å². The third kappa shape index (κ3) is 5.61. The van der Waals surface area contributed by atoms with E-state index in [1.165, 1.54) is 32.6 Å². The molecule has 0 saturated heterocycles. The molecule has 2 aromatic rings. The first-order chi connectivity index (χ1) is 13.2. The topological polar surface area (TPSA) is 71.3 Å². The summed E-state index contributed by atoms with van der Waals surface area (Å²) in [6, 6.07) is 7.88. The summed E-state index contributed by atoms with van der Waals surface area (Å²) in [7, 11) is 0. The van der Waals surface area contributed by atoms with Crippen molar-refractivity contribution in [2.75, 3.05) is 11.9 Å². The predicted molar refractivity (Wildman–Crippen MR) is 117 cm³/mol. The van der Waals surface area contributed by atoms with Gasteiger partial charge in [0.2, 0.25) is 0 Å². The van der Waals surface area contributed by atoms with Crippen molar-refractivity contribution in [3.63, 3.8) is 0 Å². The van der Waals surface area contributed by atoms with E-state index in [4.69, 9.17) is 4.42 Å². The fourth-order valence-electron chi connectivity index (χ4n) is 3.49. The molecule has 5 nitrogen and oxygen atoms in total. The molecular formula is C22H30N2O3S. The van der Waals surface area contributed by atoms with Crippen molar-refractivity contribution in [1.82, 2.24) is 4.72 Å². The number of nitrogens with one attached hydrogen (secondary N) is 2. The molecule has 1 saturated carbocycles. The molecule has 0 spiro atoms. The second kappa shape index (κ2) is 8.70. The van der Waals surface area contributed by atoms with Gasteiger partial charge in [0.05, 0.1) is 0 Å². The summed E-state index contributed by atoms with van der Waals surface area (Å²) < 4.78 is 9.12. The Morgan fingerprint density at radius 2 is 1.89 bits per heavy atom. The Balaban J connectivity index is 1.55. The van der Waals surface area contributed by atoms with Gasteiger partial charge in [-0.2, -0.15) is 0 Å². The zero-order valence-corrected chi connectivity index (χ0v) is 17.9. The van der Waals surface area contributed by atoms with Gasteiger partial charge in [-0.25, -0.2) is 4.79 Å². The molecule has 2 N–H and O–H groups in total. The Morgan fingerprint density at radius 1 is 1.18 bits per heavy atom. The normalized spacial score (nSPS) is 20.3. The maximum Gasteiger partial charge on any atom is 0.347 e. The van der Waals surface area contributed by atoms with Crippen LogP contribution in [0.15, 0.2) is 33.5 Å². The summed E-state index contributed by atoms with van der Waals surface area (Å²) >= 11 is 1.84. The molecule has 0 amide bonds. The fraction of sp³-hybridized carbons (Fsp3) is 0.545. The van der Waals surface area contributed by atoms with Crippen LogP contribution < -0.4 is 15.7 Å². The summed E-state index contributed by atoms with van der Waals surface area (Å²) in [4.78, 5) is 23.4. The van der Waals surface area contributed by atoms with Gasteiger partial charge in [-0.1, -0.05) is 11.9 Å². The Morgan fingerprint density at radius 3 is 2.54 bits per heavy atom. The van der Waals surface area contributed by atoms with Crippen LogP contribution in [0.4, 0.5) is 5.69 Å². The summed E-state index contributed by atoms with van der Waals surface area (Å²) in [6.07, 6.45) is 4.85. The third-order valence-electron chi connectivity index (χ3n) is 5.08. The molecule has 1 aliphatic carbocycles. The Hall–Kier alpha value is -1.79. The highest BCUT2D eigenvalue weighted by atomic mass is 32.2. The predicted octanol–water partition coefficient (Wildman–Crippen LogP) is 5.00. The minimum atomic E-state index is -0.573. The lowest BCUT2D eigenvalue weighted by atomic mass is 9.86. The molecule has 0 unspecified atom stereocenters. The quantitative estimate of drug-likeness (QED) is 0.402. The van der Waals surface area contributed by atoms with E-state index in [2.05, 4.69) is 30.8 Å². The van der Waals surface area contributed by atoms with Crippen LogP contribution in [0.2, 0.25) is 0 Å². The van der Waals surface area contributed by atoms with Gasteiger partial charge in [-0.15, -0.1) is 0 Å². The summed E-state index contributed by atoms with van der Waals surface area (Å²) in [6.45, 7) is 9.00. The summed E-state index contributed by atoms with van der Waals surface area (Å²) in [5.41, 5.74) is 1.02. The zero-order valence-electron chi connectivity index (χ0n) is 17.1. The second-order valence-electron chi connectivity index (χ2n) is 8.69. The van der Waals surface area contributed by atoms with Crippen LogP contribution in [0.5, 0.6) is 0 Å². The lowest BCUT2D eigenvalue weighted by Gasteiger charge is -2.31. The molecule has 3 rings (SSSR count). The van der Waals surface area contributed by atoms with Gasteiger partial charge in [0.25, 0.3) is 0 Å². The maximum absolute atomic E-state index is 11.8. The fourth-order valence-corrected chi connectivity index (χ4v) is 4.24. The largest absolute Gasteiger partial charge is 0.422 e. The van der Waals surface area contributed by atoms with Crippen LogP contribution in [-0.2, 0) is 0 Å². The van der Waals surface area contributed by atoms with Gasteiger partial charge in [0, 0.05) is 28.4 Å². The number of rotatable bonds is 6. The van der Waals surface area contributed by atoms with Crippen molar-refractivity contribution in [2.45, 2.75) is 64.2 Å². The minimum Gasteiger partial charge on any atom is -0.422 e. The molecule has 1 aromatic carbocycles. The SMILES string of the molecule is CC(=O)c1cc2cc(NC[C@H]3CC[C@H](NSC(C)(C)C)CC3)ccc2oc1=O. The standard InChI is InChI=1S/C22H30N2O3S/c1-14(25)19-12-16-11-18(9-10-20(16)27-21(19)26)23-13-15-5-7-17(8-6-15)24-28-22(2,3)4/h9-12,15,17,23-24H,5-8,13H2,1-4H3/t15-,17-. The molecule has 1 aliphatic rings. The highest BCUT2D eigenvalue weighted by Crippen LogP contribution is 2.29. The first kappa shape index (κ1) is 20.9. The Labute approximate surface area is 170 Å². The lowest BCUT2D eigenvalue weighted by Crippen LogP contribution is -2.33. The van der Waals surface area contributed by atoms with E-state index < -0.39 is 5.63 Å². The maximum atomic E-state index is 11.8. The molecule has 0 aliphatic heterocycles. The molecular weight excluding hydrogens is 372 g/mol. The second-order valence-corrected chi connectivity index (χ2v) is 10.4. The van der Waals surface area contributed by atoms with Crippen LogP contribution >= 0.6 is 11.9 Å². The van der Waals surface area contributed by atoms with Gasteiger partial charge in [-0.05, 0) is 83.6 Å². The van der Waals surface area contributed by atoms with Crippen molar-refractivity contribution >= 4 is 34.4 Å². The molecule has 0 radical (unpaired) electrons. The molecule has 1 aromatic heterocycles. The first-order valence-electron chi connectivity index (χ1n) is 9.97. The van der Waals surface area contributed by atoms with E-state index in [1.54, 1.807) is 12.1 Å². The summed E-state index contributed by atoms with van der Waals surface area (Å²) in [5.74, 6) is 0.388. The van der Waals surface area contributed by atoms with Gasteiger partial charge in [0.1, 0.15) is 11.1 Å². The number of carbonyl (C=O) groups excluding carboxylic acids is 1. The number of benzene rings is 1. The van der Waals surface area contributed by atoms with Crippen molar-refractivity contribution < 1.29 is 9.21 Å². The average molecular weight is 403 g/mol. The molecule has 152 valence electrons. The van der Waals surface area contributed by atoms with Gasteiger partial charge in [0.15, 0.2) is 5.78 Å². The Bertz CT molecular complexity index is 893. The number of ketones is 1. The Kier molecular flexibility index (Phi) is 6.50. The molecule has 28 heavy (non-hydrogen) atoms. The highest BCUT2D eigenvalue weighted by Gasteiger charge is 2.22. The number of Topliss-reactive ketones (excluding diaryl/α,β-unsaturated/α-hetero) is 1. The molecule has 0 bridgehead atoms. The lowest BCUT2D eigenvalue weighted by molar-refractivity contribution is 0.101. The first-order valence-corrected chi connectivity index (χ1v) is 10.8. The molecule has 1 heterocycles. The number of fused-ring (bicyclic) bond motifs is 1. The van der Waals surface area contributed by atoms with Crippen molar-refractivity contribution in [1.29, 1.82) is 0 Å². The smallest absolute Gasteiger partial charge is 0.347 e. The van der Waals surface area contributed by atoms with E-state index in [0.29, 0.717) is 17.5 Å². The number of hydrogen-bond donors (Lipinski definition) is 2. The monoisotopic (exact) mass is 402 g/mol. The third-order valence-corrected chi connectivity index (χ3v) is 6.15. The van der Waals surface area contributed by atoms with Crippen LogP contribution in [0.25, 0.3) is 11.0 Å². The van der Waals surface area contributed by atoms with Crippen molar-refractivity contribution in [3.05, 3.63) is 40.2 Å². The van der Waals surface area contributed by atoms with E-state index in [0.717, 1.165) is 17.6 Å². The van der Waals surface area contributed by atoms with E-state index in [-0.39, 0.29) is 16.1 Å². The van der Waals surface area contributed by atoms with Crippen molar-refractivity contribution in [2.24, 2.45) is 5.92 Å². The van der Waals surface area contributed by atoms with Crippen molar-refractivity contribution in [3.8, 4) is 0 Å². The van der Waals surface area contributed by atoms with Crippen LogP contribution in [0, 0.1) is 5.92 Å². The average Bonchev–Trinajstić information content (AvgIpc) is 2.64. The highest BCUT2D eigenvalue weighted by molar-refractivity contribution is 7.98. The summed E-state index contributed by atoms with van der Waals surface area (Å²) in [5, 5.41) is 4.28.